The van der Waals surface area contributed by atoms with E-state index in [0.717, 1.165) is 32.2 Å². The molecule has 0 amide bonds. The number of aldehydes is 1. The Hall–Kier alpha value is -2.70. The van der Waals surface area contributed by atoms with E-state index in [1.807, 2.05) is 0 Å². The first-order valence-corrected chi connectivity index (χ1v) is 7.56. The fourth-order valence-corrected chi connectivity index (χ4v) is 2.46. The lowest BCUT2D eigenvalue weighted by molar-refractivity contribution is 0.112. The van der Waals surface area contributed by atoms with Gasteiger partial charge in [0.1, 0.15) is 12.0 Å². The summed E-state index contributed by atoms with van der Waals surface area (Å²) in [5.74, 6) is 1.05. The second-order valence-corrected chi connectivity index (χ2v) is 5.24. The van der Waals surface area contributed by atoms with E-state index < -0.39 is 0 Å². The number of piperidine rings is 1. The van der Waals surface area contributed by atoms with Gasteiger partial charge in [0.15, 0.2) is 0 Å². The van der Waals surface area contributed by atoms with Crippen LogP contribution in [0.25, 0.3) is 0 Å². The molecule has 1 aliphatic rings. The fraction of sp³-hybridized carbons (Fsp3) is 0.375. The molecule has 1 saturated heterocycles. The van der Waals surface area contributed by atoms with Gasteiger partial charge in [-0.2, -0.15) is 9.97 Å². The highest BCUT2D eigenvalue weighted by molar-refractivity contribution is 5.75. The molecule has 1 aromatic carbocycles. The molecule has 2 heterocycles. The predicted octanol–water partition coefficient (Wildman–Crippen LogP) is 2.48. The van der Waals surface area contributed by atoms with Crippen LogP contribution in [0.4, 0.5) is 5.95 Å². The summed E-state index contributed by atoms with van der Waals surface area (Å²) in [4.78, 5) is 25.7. The van der Waals surface area contributed by atoms with Crippen LogP contribution in [0.3, 0.4) is 0 Å². The summed E-state index contributed by atoms with van der Waals surface area (Å²) >= 11 is 0. The molecular weight excluding hydrogens is 296 g/mol. The summed E-state index contributed by atoms with van der Waals surface area (Å²) in [5.41, 5.74) is 0.528. The molecular formula is C16H18N4O3. The van der Waals surface area contributed by atoms with Gasteiger partial charge in [0.25, 0.3) is 0 Å². The zero-order chi connectivity index (χ0) is 16.1. The van der Waals surface area contributed by atoms with Crippen molar-refractivity contribution < 1.29 is 14.3 Å². The van der Waals surface area contributed by atoms with Crippen LogP contribution in [0.1, 0.15) is 29.6 Å². The zero-order valence-corrected chi connectivity index (χ0v) is 12.9. The van der Waals surface area contributed by atoms with Crippen molar-refractivity contribution in [3.63, 3.8) is 0 Å². The van der Waals surface area contributed by atoms with Crippen molar-refractivity contribution in [1.82, 2.24) is 15.0 Å². The third-order valence-electron chi connectivity index (χ3n) is 3.61. The molecule has 2 aromatic rings. The van der Waals surface area contributed by atoms with Gasteiger partial charge in [-0.05, 0) is 31.4 Å². The minimum absolute atomic E-state index is 0.153. The average molecular weight is 314 g/mol. The lowest BCUT2D eigenvalue weighted by Gasteiger charge is -2.26. The maximum atomic E-state index is 10.8. The third-order valence-corrected chi connectivity index (χ3v) is 3.61. The normalized spacial score (nSPS) is 14.4. The van der Waals surface area contributed by atoms with E-state index in [1.54, 1.807) is 24.3 Å². The number of carbonyl (C=O) groups excluding carboxylic acids is 1. The molecule has 7 heteroatoms. The Balaban J connectivity index is 1.86. The first-order chi connectivity index (χ1) is 11.3. The van der Waals surface area contributed by atoms with E-state index in [0.29, 0.717) is 17.3 Å². The van der Waals surface area contributed by atoms with Crippen LogP contribution < -0.4 is 14.4 Å². The Kier molecular flexibility index (Phi) is 4.65. The highest BCUT2D eigenvalue weighted by Crippen LogP contribution is 2.24. The summed E-state index contributed by atoms with van der Waals surface area (Å²) in [7, 11) is 1.51. The molecule has 0 saturated carbocycles. The van der Waals surface area contributed by atoms with E-state index in [1.165, 1.54) is 13.5 Å². The fourth-order valence-electron chi connectivity index (χ4n) is 2.46. The van der Waals surface area contributed by atoms with Crippen LogP contribution in [-0.4, -0.2) is 41.4 Å². The number of ether oxygens (including phenoxy) is 2. The molecule has 0 radical (unpaired) electrons. The summed E-state index contributed by atoms with van der Waals surface area (Å²) in [6.45, 7) is 1.82. The van der Waals surface area contributed by atoms with Gasteiger partial charge in [-0.1, -0.05) is 12.1 Å². The monoisotopic (exact) mass is 314 g/mol. The van der Waals surface area contributed by atoms with Crippen molar-refractivity contribution in [3.8, 4) is 17.8 Å². The van der Waals surface area contributed by atoms with Crippen LogP contribution >= 0.6 is 0 Å². The maximum absolute atomic E-state index is 10.8. The largest absolute Gasteiger partial charge is 0.467 e. The third kappa shape index (κ3) is 3.74. The molecule has 0 N–H and O–H groups in total. The number of carbonyl (C=O) groups is 1. The summed E-state index contributed by atoms with van der Waals surface area (Å²) in [6, 6.07) is 7.17. The van der Waals surface area contributed by atoms with Crippen LogP contribution in [0.15, 0.2) is 24.3 Å². The SMILES string of the molecule is COc1nc(Oc2cccc(C=O)c2)nc(N2CCCCC2)n1. The lowest BCUT2D eigenvalue weighted by atomic mass is 10.1. The minimum atomic E-state index is 0.153. The number of hydrogen-bond acceptors (Lipinski definition) is 7. The van der Waals surface area contributed by atoms with Crippen LogP contribution in [0.5, 0.6) is 17.8 Å². The second-order valence-electron chi connectivity index (χ2n) is 5.24. The molecule has 23 heavy (non-hydrogen) atoms. The summed E-state index contributed by atoms with van der Waals surface area (Å²) in [6.07, 6.45) is 4.22. The number of methoxy groups -OCH3 is 1. The van der Waals surface area contributed by atoms with Crippen LogP contribution in [0.2, 0.25) is 0 Å². The molecule has 0 spiro atoms. The van der Waals surface area contributed by atoms with Crippen molar-refractivity contribution in [1.29, 1.82) is 0 Å². The predicted molar refractivity (Wildman–Crippen MR) is 84.3 cm³/mol. The van der Waals surface area contributed by atoms with Crippen molar-refractivity contribution in [2.24, 2.45) is 0 Å². The van der Waals surface area contributed by atoms with Crippen LogP contribution in [0, 0.1) is 0 Å². The van der Waals surface area contributed by atoms with E-state index >= 15 is 0 Å². The molecule has 1 fully saturated rings. The Morgan fingerprint density at radius 1 is 1.09 bits per heavy atom. The van der Waals surface area contributed by atoms with Crippen molar-refractivity contribution in [2.45, 2.75) is 19.3 Å². The highest BCUT2D eigenvalue weighted by atomic mass is 16.5. The number of rotatable bonds is 5. The van der Waals surface area contributed by atoms with Gasteiger partial charge in [-0.15, -0.1) is 4.98 Å². The van der Waals surface area contributed by atoms with Gasteiger partial charge in [0.2, 0.25) is 5.95 Å². The summed E-state index contributed by atoms with van der Waals surface area (Å²) < 4.78 is 10.8. The Bertz CT molecular complexity index is 687. The topological polar surface area (TPSA) is 77.4 Å². The lowest BCUT2D eigenvalue weighted by Crippen LogP contribution is -2.31. The molecule has 7 nitrogen and oxygen atoms in total. The first-order valence-electron chi connectivity index (χ1n) is 7.56. The van der Waals surface area contributed by atoms with Gasteiger partial charge >= 0.3 is 12.0 Å². The number of aromatic nitrogens is 3. The number of nitrogens with zero attached hydrogens (tertiary/aromatic N) is 4. The Morgan fingerprint density at radius 2 is 1.87 bits per heavy atom. The van der Waals surface area contributed by atoms with E-state index in [9.17, 15) is 4.79 Å². The molecule has 3 rings (SSSR count). The summed E-state index contributed by atoms with van der Waals surface area (Å²) in [5, 5.41) is 0. The number of anilines is 1. The Labute approximate surface area is 134 Å². The number of benzene rings is 1. The number of hydrogen-bond donors (Lipinski definition) is 0. The van der Waals surface area contributed by atoms with Gasteiger partial charge in [0.05, 0.1) is 7.11 Å². The standard InChI is InChI=1S/C16H18N4O3/c1-22-15-17-14(20-8-3-2-4-9-20)18-16(19-15)23-13-7-5-6-12(10-13)11-21/h5-7,10-11H,2-4,8-9H2,1H3. The molecule has 0 unspecified atom stereocenters. The first kappa shape index (κ1) is 15.2. The average Bonchev–Trinajstić information content (AvgIpc) is 2.62. The maximum Gasteiger partial charge on any atom is 0.330 e. The quantitative estimate of drug-likeness (QED) is 0.784. The molecule has 0 atom stereocenters. The molecule has 0 aliphatic carbocycles. The van der Waals surface area contributed by atoms with Crippen molar-refractivity contribution in [3.05, 3.63) is 29.8 Å². The van der Waals surface area contributed by atoms with E-state index in [-0.39, 0.29) is 12.0 Å². The van der Waals surface area contributed by atoms with Crippen molar-refractivity contribution in [2.75, 3.05) is 25.1 Å². The minimum Gasteiger partial charge on any atom is -0.467 e. The molecule has 0 bridgehead atoms. The van der Waals surface area contributed by atoms with Gasteiger partial charge in [0, 0.05) is 18.7 Å². The van der Waals surface area contributed by atoms with E-state index in [4.69, 9.17) is 9.47 Å². The smallest absolute Gasteiger partial charge is 0.330 e. The van der Waals surface area contributed by atoms with Gasteiger partial charge in [-0.3, -0.25) is 4.79 Å². The molecule has 120 valence electrons. The van der Waals surface area contributed by atoms with Gasteiger partial charge in [-0.25, -0.2) is 0 Å². The van der Waals surface area contributed by atoms with Gasteiger partial charge < -0.3 is 14.4 Å². The zero-order valence-electron chi connectivity index (χ0n) is 12.9. The highest BCUT2D eigenvalue weighted by Gasteiger charge is 2.17. The molecule has 1 aromatic heterocycles. The van der Waals surface area contributed by atoms with E-state index in [2.05, 4.69) is 19.9 Å². The van der Waals surface area contributed by atoms with Crippen molar-refractivity contribution >= 4 is 12.2 Å². The Morgan fingerprint density at radius 3 is 2.61 bits per heavy atom. The van der Waals surface area contributed by atoms with Crippen LogP contribution in [-0.2, 0) is 0 Å². The second kappa shape index (κ2) is 7.04. The molecule has 1 aliphatic heterocycles.